The Morgan fingerprint density at radius 3 is 2.95 bits per heavy atom. The SMILES string of the molecule is CC(Cn1cccn1)NCc1ccc(Cl)c2cccnc12. The molecule has 2 heterocycles. The van der Waals surface area contributed by atoms with E-state index in [1.807, 2.05) is 41.2 Å². The molecule has 0 fully saturated rings. The maximum atomic E-state index is 6.21. The van der Waals surface area contributed by atoms with E-state index in [0.29, 0.717) is 6.04 Å². The zero-order valence-electron chi connectivity index (χ0n) is 11.8. The number of hydrogen-bond donors (Lipinski definition) is 1. The first-order chi connectivity index (χ1) is 10.2. The standard InChI is InChI=1S/C16H17ClN4/c1-12(11-21-9-3-8-20-21)19-10-13-5-6-15(17)14-4-2-7-18-16(13)14/h2-9,12,19H,10-11H2,1H3. The molecule has 1 unspecified atom stereocenters. The molecule has 21 heavy (non-hydrogen) atoms. The molecule has 0 radical (unpaired) electrons. The average Bonchev–Trinajstić information content (AvgIpc) is 3.00. The molecule has 0 spiro atoms. The summed E-state index contributed by atoms with van der Waals surface area (Å²) in [6.45, 7) is 3.74. The molecule has 4 nitrogen and oxygen atoms in total. The normalized spacial score (nSPS) is 12.7. The Hall–Kier alpha value is -1.91. The van der Waals surface area contributed by atoms with Crippen LogP contribution in [0.3, 0.4) is 0 Å². The largest absolute Gasteiger partial charge is 0.308 e. The Kier molecular flexibility index (Phi) is 4.18. The van der Waals surface area contributed by atoms with Gasteiger partial charge >= 0.3 is 0 Å². The molecule has 3 aromatic rings. The van der Waals surface area contributed by atoms with Crippen LogP contribution in [0, 0.1) is 0 Å². The second-order valence-corrected chi connectivity index (χ2v) is 5.52. The number of nitrogens with zero attached hydrogens (tertiary/aromatic N) is 3. The highest BCUT2D eigenvalue weighted by Crippen LogP contribution is 2.24. The molecule has 1 aromatic carbocycles. The summed E-state index contributed by atoms with van der Waals surface area (Å²) in [6.07, 6.45) is 5.57. The Balaban J connectivity index is 1.72. The molecule has 0 saturated carbocycles. The Bertz CT molecular complexity index is 724. The van der Waals surface area contributed by atoms with E-state index in [1.54, 1.807) is 12.4 Å². The van der Waals surface area contributed by atoms with Crippen LogP contribution in [0.25, 0.3) is 10.9 Å². The molecular formula is C16H17ClN4. The van der Waals surface area contributed by atoms with Gasteiger partial charge in [0.15, 0.2) is 0 Å². The van der Waals surface area contributed by atoms with E-state index in [4.69, 9.17) is 11.6 Å². The Morgan fingerprint density at radius 2 is 2.14 bits per heavy atom. The molecule has 5 heteroatoms. The number of benzene rings is 1. The van der Waals surface area contributed by atoms with Crippen LogP contribution in [-0.4, -0.2) is 20.8 Å². The third-order valence-corrected chi connectivity index (χ3v) is 3.79. The van der Waals surface area contributed by atoms with Gasteiger partial charge in [-0.25, -0.2) is 0 Å². The molecule has 108 valence electrons. The topological polar surface area (TPSA) is 42.7 Å². The smallest absolute Gasteiger partial charge is 0.0761 e. The maximum absolute atomic E-state index is 6.21. The van der Waals surface area contributed by atoms with Crippen LogP contribution in [0.4, 0.5) is 0 Å². The minimum absolute atomic E-state index is 0.319. The summed E-state index contributed by atoms with van der Waals surface area (Å²) in [4.78, 5) is 4.45. The lowest BCUT2D eigenvalue weighted by atomic mass is 10.1. The predicted molar refractivity (Wildman–Crippen MR) is 85.3 cm³/mol. The van der Waals surface area contributed by atoms with Crippen molar-refractivity contribution in [1.82, 2.24) is 20.1 Å². The molecule has 2 aromatic heterocycles. The van der Waals surface area contributed by atoms with Crippen molar-refractivity contribution >= 4 is 22.5 Å². The average molecular weight is 301 g/mol. The van der Waals surface area contributed by atoms with Crippen molar-refractivity contribution < 1.29 is 0 Å². The quantitative estimate of drug-likeness (QED) is 0.786. The molecule has 0 bridgehead atoms. The van der Waals surface area contributed by atoms with Gasteiger partial charge in [0.2, 0.25) is 0 Å². The highest BCUT2D eigenvalue weighted by atomic mass is 35.5. The van der Waals surface area contributed by atoms with Crippen molar-refractivity contribution in [3.63, 3.8) is 0 Å². The number of pyridine rings is 1. The van der Waals surface area contributed by atoms with Crippen LogP contribution in [-0.2, 0) is 13.1 Å². The zero-order valence-corrected chi connectivity index (χ0v) is 12.6. The third-order valence-electron chi connectivity index (χ3n) is 3.46. The van der Waals surface area contributed by atoms with Gasteiger partial charge in [-0.1, -0.05) is 17.7 Å². The van der Waals surface area contributed by atoms with Crippen molar-refractivity contribution in [2.75, 3.05) is 0 Å². The number of nitrogens with one attached hydrogen (secondary N) is 1. The van der Waals surface area contributed by atoms with Crippen molar-refractivity contribution in [2.45, 2.75) is 26.1 Å². The van der Waals surface area contributed by atoms with Crippen molar-refractivity contribution in [3.8, 4) is 0 Å². The van der Waals surface area contributed by atoms with E-state index in [1.165, 1.54) is 0 Å². The van der Waals surface area contributed by atoms with Crippen LogP contribution in [0.1, 0.15) is 12.5 Å². The van der Waals surface area contributed by atoms with Crippen molar-refractivity contribution in [1.29, 1.82) is 0 Å². The summed E-state index contributed by atoms with van der Waals surface area (Å²) in [7, 11) is 0. The summed E-state index contributed by atoms with van der Waals surface area (Å²) in [6, 6.07) is 10.1. The van der Waals surface area contributed by atoms with Crippen molar-refractivity contribution in [3.05, 3.63) is 59.5 Å². The number of fused-ring (bicyclic) bond motifs is 1. The van der Waals surface area contributed by atoms with E-state index in [2.05, 4.69) is 22.3 Å². The fraction of sp³-hybridized carbons (Fsp3) is 0.250. The van der Waals surface area contributed by atoms with Gasteiger partial charge in [0, 0.05) is 41.6 Å². The highest BCUT2D eigenvalue weighted by Gasteiger charge is 2.08. The molecular weight excluding hydrogens is 284 g/mol. The van der Waals surface area contributed by atoms with Crippen molar-refractivity contribution in [2.24, 2.45) is 0 Å². The van der Waals surface area contributed by atoms with Crippen LogP contribution >= 0.6 is 11.6 Å². The fourth-order valence-electron chi connectivity index (χ4n) is 2.38. The third kappa shape index (κ3) is 3.23. The lowest BCUT2D eigenvalue weighted by Crippen LogP contribution is -2.30. The van der Waals surface area contributed by atoms with E-state index in [9.17, 15) is 0 Å². The molecule has 1 N–H and O–H groups in total. The number of halogens is 1. The van der Waals surface area contributed by atoms with Crippen LogP contribution in [0.15, 0.2) is 48.9 Å². The number of rotatable bonds is 5. The van der Waals surface area contributed by atoms with Gasteiger partial charge in [0.05, 0.1) is 12.1 Å². The first-order valence-corrected chi connectivity index (χ1v) is 7.35. The first-order valence-electron chi connectivity index (χ1n) is 6.97. The van der Waals surface area contributed by atoms with E-state index in [0.717, 1.165) is 34.6 Å². The second-order valence-electron chi connectivity index (χ2n) is 5.12. The molecule has 0 aliphatic heterocycles. The molecule has 0 amide bonds. The summed E-state index contributed by atoms with van der Waals surface area (Å²) in [5.41, 5.74) is 2.12. The zero-order chi connectivity index (χ0) is 14.7. The summed E-state index contributed by atoms with van der Waals surface area (Å²) >= 11 is 6.21. The minimum Gasteiger partial charge on any atom is -0.308 e. The Morgan fingerprint density at radius 1 is 1.24 bits per heavy atom. The molecule has 0 aliphatic carbocycles. The van der Waals surface area contributed by atoms with Gasteiger partial charge in [0.25, 0.3) is 0 Å². The minimum atomic E-state index is 0.319. The molecule has 0 aliphatic rings. The van der Waals surface area contributed by atoms with Gasteiger partial charge in [-0.15, -0.1) is 0 Å². The van der Waals surface area contributed by atoms with Gasteiger partial charge in [0.1, 0.15) is 0 Å². The number of aromatic nitrogens is 3. The van der Waals surface area contributed by atoms with Crippen LogP contribution in [0.5, 0.6) is 0 Å². The lowest BCUT2D eigenvalue weighted by molar-refractivity contribution is 0.451. The summed E-state index contributed by atoms with van der Waals surface area (Å²) in [5, 5.41) is 9.46. The lowest BCUT2D eigenvalue weighted by Gasteiger charge is -2.15. The first kappa shape index (κ1) is 14.0. The molecule has 0 saturated heterocycles. The van der Waals surface area contributed by atoms with Gasteiger partial charge in [-0.2, -0.15) is 5.10 Å². The maximum Gasteiger partial charge on any atom is 0.0761 e. The van der Waals surface area contributed by atoms with E-state index >= 15 is 0 Å². The predicted octanol–water partition coefficient (Wildman–Crippen LogP) is 3.26. The van der Waals surface area contributed by atoms with Gasteiger partial charge in [-0.3, -0.25) is 9.67 Å². The summed E-state index contributed by atoms with van der Waals surface area (Å²) < 4.78 is 1.93. The van der Waals surface area contributed by atoms with Crippen LogP contribution in [0.2, 0.25) is 5.02 Å². The van der Waals surface area contributed by atoms with E-state index < -0.39 is 0 Å². The van der Waals surface area contributed by atoms with Gasteiger partial charge < -0.3 is 5.32 Å². The second kappa shape index (κ2) is 6.24. The summed E-state index contributed by atoms with van der Waals surface area (Å²) in [5.74, 6) is 0. The van der Waals surface area contributed by atoms with Crippen LogP contribution < -0.4 is 5.32 Å². The van der Waals surface area contributed by atoms with Gasteiger partial charge in [-0.05, 0) is 36.8 Å². The highest BCUT2D eigenvalue weighted by molar-refractivity contribution is 6.35. The Labute approximate surface area is 128 Å². The van der Waals surface area contributed by atoms with E-state index in [-0.39, 0.29) is 0 Å². The molecule has 3 rings (SSSR count). The molecule has 1 atom stereocenters. The number of hydrogen-bond acceptors (Lipinski definition) is 3. The monoisotopic (exact) mass is 300 g/mol. The fourth-order valence-corrected chi connectivity index (χ4v) is 2.59.